The Kier molecular flexibility index (Phi) is 4.60. The molecule has 0 bridgehead atoms. The van der Waals surface area contributed by atoms with Crippen molar-refractivity contribution in [2.45, 2.75) is 65.1 Å². The van der Waals surface area contributed by atoms with Crippen LogP contribution < -0.4 is 0 Å². The molecule has 21 heavy (non-hydrogen) atoms. The van der Waals surface area contributed by atoms with Crippen LogP contribution in [0, 0.1) is 6.92 Å². The van der Waals surface area contributed by atoms with Crippen LogP contribution in [0.5, 0.6) is 0 Å². The van der Waals surface area contributed by atoms with Gasteiger partial charge in [0.1, 0.15) is 5.60 Å². The number of hydrogen-bond acceptors (Lipinski definition) is 4. The van der Waals surface area contributed by atoms with Crippen LogP contribution in [-0.4, -0.2) is 44.2 Å². The van der Waals surface area contributed by atoms with Crippen molar-refractivity contribution < 1.29 is 9.53 Å². The van der Waals surface area contributed by atoms with E-state index in [1.54, 1.807) is 0 Å². The summed E-state index contributed by atoms with van der Waals surface area (Å²) >= 11 is 3.39. The first-order valence-corrected chi connectivity index (χ1v) is 8.05. The Morgan fingerprint density at radius 1 is 1.43 bits per heavy atom. The second-order valence-electron chi connectivity index (χ2n) is 6.61. The lowest BCUT2D eigenvalue weighted by atomic mass is 9.98. The van der Waals surface area contributed by atoms with Gasteiger partial charge in [-0.1, -0.05) is 5.21 Å². The van der Waals surface area contributed by atoms with Crippen molar-refractivity contribution in [2.75, 3.05) is 6.54 Å². The molecular weight excluding hydrogens is 336 g/mol. The Labute approximate surface area is 134 Å². The van der Waals surface area contributed by atoms with Gasteiger partial charge in [0.25, 0.3) is 0 Å². The quantitative estimate of drug-likeness (QED) is 0.772. The highest BCUT2D eigenvalue weighted by Gasteiger charge is 2.33. The van der Waals surface area contributed by atoms with E-state index < -0.39 is 5.60 Å². The van der Waals surface area contributed by atoms with Gasteiger partial charge < -0.3 is 9.64 Å². The maximum atomic E-state index is 12.2. The van der Waals surface area contributed by atoms with Gasteiger partial charge in [-0.25, -0.2) is 9.48 Å². The van der Waals surface area contributed by atoms with Crippen LogP contribution in [-0.2, 0) is 4.74 Å². The molecule has 0 aliphatic carbocycles. The van der Waals surface area contributed by atoms with Crippen LogP contribution in [0.25, 0.3) is 0 Å². The van der Waals surface area contributed by atoms with Gasteiger partial charge in [-0.15, -0.1) is 5.10 Å². The van der Waals surface area contributed by atoms with E-state index in [1.807, 2.05) is 37.3 Å². The molecule has 1 aliphatic heterocycles. The Bertz CT molecular complexity index is 524. The first-order chi connectivity index (χ1) is 9.69. The topological polar surface area (TPSA) is 60.2 Å². The summed E-state index contributed by atoms with van der Waals surface area (Å²) in [7, 11) is 0. The van der Waals surface area contributed by atoms with Crippen molar-refractivity contribution >= 4 is 22.0 Å². The van der Waals surface area contributed by atoms with Crippen molar-refractivity contribution in [3.8, 4) is 0 Å². The molecule has 7 heteroatoms. The van der Waals surface area contributed by atoms with Crippen molar-refractivity contribution in [1.82, 2.24) is 19.9 Å². The Balaban J connectivity index is 2.02. The Morgan fingerprint density at radius 2 is 2.10 bits per heavy atom. The molecule has 2 rings (SSSR count). The molecule has 118 valence electrons. The summed E-state index contributed by atoms with van der Waals surface area (Å²) in [5.41, 5.74) is 0.569. The largest absolute Gasteiger partial charge is 0.444 e. The normalized spacial score (nSPS) is 23.2. The van der Waals surface area contributed by atoms with Crippen LogP contribution in [0.15, 0.2) is 4.60 Å². The number of amides is 1. The Hall–Kier alpha value is -1.11. The predicted octanol–water partition coefficient (Wildman–Crippen LogP) is 3.31. The average Bonchev–Trinajstić information content (AvgIpc) is 2.67. The standard InChI is InChI=1S/C14H23BrN4O2/c1-9-8-11(19-10(2)12(15)16-17-19)6-7-18(9)13(20)21-14(3,4)5/h9,11H,6-8H2,1-5H3/t9-,11+/m0/s1. The van der Waals surface area contributed by atoms with Gasteiger partial charge in [0.05, 0.1) is 11.7 Å². The molecular formula is C14H23BrN4O2. The molecule has 0 spiro atoms. The highest BCUT2D eigenvalue weighted by molar-refractivity contribution is 9.10. The molecule has 2 atom stereocenters. The fourth-order valence-electron chi connectivity index (χ4n) is 2.63. The van der Waals surface area contributed by atoms with Gasteiger partial charge in [0, 0.05) is 12.6 Å². The van der Waals surface area contributed by atoms with Gasteiger partial charge in [-0.05, 0) is 63.4 Å². The Morgan fingerprint density at radius 3 is 2.57 bits per heavy atom. The third-order valence-electron chi connectivity index (χ3n) is 3.69. The minimum Gasteiger partial charge on any atom is -0.444 e. The summed E-state index contributed by atoms with van der Waals surface area (Å²) in [6.07, 6.45) is 1.49. The number of piperidine rings is 1. The van der Waals surface area contributed by atoms with E-state index in [2.05, 4.69) is 33.2 Å². The predicted molar refractivity (Wildman–Crippen MR) is 83.1 cm³/mol. The van der Waals surface area contributed by atoms with Gasteiger partial charge in [0.2, 0.25) is 0 Å². The lowest BCUT2D eigenvalue weighted by Crippen LogP contribution is -2.47. The smallest absolute Gasteiger partial charge is 0.410 e. The lowest BCUT2D eigenvalue weighted by Gasteiger charge is -2.38. The maximum absolute atomic E-state index is 12.2. The van der Waals surface area contributed by atoms with Crippen LogP contribution in [0.4, 0.5) is 4.79 Å². The van der Waals surface area contributed by atoms with Crippen LogP contribution in [0.2, 0.25) is 0 Å². The van der Waals surface area contributed by atoms with Crippen LogP contribution in [0.1, 0.15) is 52.3 Å². The number of ether oxygens (including phenoxy) is 1. The molecule has 1 amide bonds. The SMILES string of the molecule is Cc1c(Br)nnn1[C@@H]1CCN(C(=O)OC(C)(C)C)[C@@H](C)C1. The van der Waals surface area contributed by atoms with Crippen LogP contribution in [0.3, 0.4) is 0 Å². The fraction of sp³-hybridized carbons (Fsp3) is 0.786. The van der Waals surface area contributed by atoms with Crippen molar-refractivity contribution in [1.29, 1.82) is 0 Å². The summed E-state index contributed by atoms with van der Waals surface area (Å²) in [6.45, 7) is 10.4. The minimum atomic E-state index is -0.457. The zero-order chi connectivity index (χ0) is 15.8. The monoisotopic (exact) mass is 358 g/mol. The highest BCUT2D eigenvalue weighted by Crippen LogP contribution is 2.29. The first-order valence-electron chi connectivity index (χ1n) is 7.26. The molecule has 1 aliphatic rings. The van der Waals surface area contributed by atoms with E-state index in [1.165, 1.54) is 0 Å². The number of halogens is 1. The van der Waals surface area contributed by atoms with Crippen LogP contribution >= 0.6 is 15.9 Å². The van der Waals surface area contributed by atoms with Gasteiger partial charge in [0.15, 0.2) is 4.60 Å². The average molecular weight is 359 g/mol. The van der Waals surface area contributed by atoms with Gasteiger partial charge in [-0.3, -0.25) is 0 Å². The second-order valence-corrected chi connectivity index (χ2v) is 7.36. The summed E-state index contributed by atoms with van der Waals surface area (Å²) in [6, 6.07) is 0.401. The van der Waals surface area contributed by atoms with Crippen molar-refractivity contribution in [3.05, 3.63) is 10.3 Å². The number of rotatable bonds is 1. The number of aromatic nitrogens is 3. The summed E-state index contributed by atoms with van der Waals surface area (Å²) < 4.78 is 8.19. The van der Waals surface area contributed by atoms with E-state index in [0.29, 0.717) is 6.54 Å². The number of likely N-dealkylation sites (tertiary alicyclic amines) is 1. The second kappa shape index (κ2) is 5.94. The molecule has 0 radical (unpaired) electrons. The number of hydrogen-bond donors (Lipinski definition) is 0. The molecule has 6 nitrogen and oxygen atoms in total. The molecule has 0 saturated carbocycles. The van der Waals surface area contributed by atoms with Crippen molar-refractivity contribution in [2.24, 2.45) is 0 Å². The molecule has 1 fully saturated rings. The molecule has 0 aromatic carbocycles. The number of nitrogens with zero attached hydrogens (tertiary/aromatic N) is 4. The number of carbonyl (C=O) groups excluding carboxylic acids is 1. The van der Waals surface area contributed by atoms with E-state index in [4.69, 9.17) is 4.74 Å². The number of carbonyl (C=O) groups is 1. The molecule has 1 aromatic rings. The highest BCUT2D eigenvalue weighted by atomic mass is 79.9. The zero-order valence-electron chi connectivity index (χ0n) is 13.3. The third kappa shape index (κ3) is 3.75. The summed E-state index contributed by atoms with van der Waals surface area (Å²) in [4.78, 5) is 14.0. The maximum Gasteiger partial charge on any atom is 0.410 e. The first kappa shape index (κ1) is 16.3. The minimum absolute atomic E-state index is 0.126. The van der Waals surface area contributed by atoms with E-state index >= 15 is 0 Å². The third-order valence-corrected chi connectivity index (χ3v) is 4.43. The summed E-state index contributed by atoms with van der Waals surface area (Å²) in [5, 5.41) is 8.23. The summed E-state index contributed by atoms with van der Waals surface area (Å²) in [5.74, 6) is 0. The molecule has 1 saturated heterocycles. The zero-order valence-corrected chi connectivity index (χ0v) is 14.8. The molecule has 0 unspecified atom stereocenters. The molecule has 1 aromatic heterocycles. The van der Waals surface area contributed by atoms with Gasteiger partial charge in [-0.2, -0.15) is 0 Å². The lowest BCUT2D eigenvalue weighted by molar-refractivity contribution is 0.00715. The van der Waals surface area contributed by atoms with E-state index in [-0.39, 0.29) is 18.2 Å². The molecule has 0 N–H and O–H groups in total. The van der Waals surface area contributed by atoms with Crippen molar-refractivity contribution in [3.63, 3.8) is 0 Å². The van der Waals surface area contributed by atoms with E-state index in [9.17, 15) is 4.79 Å². The van der Waals surface area contributed by atoms with Gasteiger partial charge >= 0.3 is 6.09 Å². The fourth-order valence-corrected chi connectivity index (χ4v) is 2.88. The van der Waals surface area contributed by atoms with E-state index in [0.717, 1.165) is 23.1 Å². The molecule has 2 heterocycles.